The first-order chi connectivity index (χ1) is 17.2. The van der Waals surface area contributed by atoms with Crippen LogP contribution < -0.4 is 15.7 Å². The van der Waals surface area contributed by atoms with E-state index in [1.54, 1.807) is 48.5 Å². The van der Waals surface area contributed by atoms with Crippen molar-refractivity contribution in [2.24, 2.45) is 5.92 Å². The molecule has 4 aromatic rings. The third kappa shape index (κ3) is 5.53. The van der Waals surface area contributed by atoms with Gasteiger partial charge in [-0.1, -0.05) is 43.6 Å². The number of esters is 1. The van der Waals surface area contributed by atoms with Crippen molar-refractivity contribution in [1.29, 1.82) is 0 Å². The van der Waals surface area contributed by atoms with Crippen molar-refractivity contribution in [3.8, 4) is 5.75 Å². The largest absolute Gasteiger partial charge is 0.423 e. The van der Waals surface area contributed by atoms with Gasteiger partial charge in [0.2, 0.25) is 0 Å². The van der Waals surface area contributed by atoms with Gasteiger partial charge in [0.15, 0.2) is 5.78 Å². The van der Waals surface area contributed by atoms with Gasteiger partial charge >= 0.3 is 11.6 Å². The van der Waals surface area contributed by atoms with Crippen molar-refractivity contribution in [2.75, 3.05) is 6.54 Å². The first-order valence-electron chi connectivity index (χ1n) is 11.2. The fraction of sp³-hybridized carbons (Fsp3) is 0.143. The maximum absolute atomic E-state index is 13.0. The number of hydrogen-bond acceptors (Lipinski definition) is 6. The molecule has 36 heavy (non-hydrogen) atoms. The van der Waals surface area contributed by atoms with Gasteiger partial charge in [0.1, 0.15) is 16.9 Å². The van der Waals surface area contributed by atoms with Gasteiger partial charge in [-0.3, -0.25) is 9.59 Å². The van der Waals surface area contributed by atoms with Crippen LogP contribution in [0.25, 0.3) is 11.0 Å². The molecule has 1 amide bonds. The standard InChI is InChI=1S/C28H22ClNO6/c1-16(2)15-30-26(32)23-13-18-9-12-20(14-24(18)36-28(23)34)35-27(33)22-6-4-3-5-21(22)25(31)17-7-10-19(29)11-8-17/h3-14,16H,15H2,1-2H3,(H,30,32). The number of nitrogens with one attached hydrogen (secondary N) is 1. The molecule has 0 aliphatic carbocycles. The maximum Gasteiger partial charge on any atom is 0.349 e. The Morgan fingerprint density at radius 2 is 1.61 bits per heavy atom. The highest BCUT2D eigenvalue weighted by atomic mass is 35.5. The molecular formula is C28H22ClNO6. The van der Waals surface area contributed by atoms with E-state index in [1.165, 1.54) is 24.3 Å². The summed E-state index contributed by atoms with van der Waals surface area (Å²) >= 11 is 5.90. The number of carbonyl (C=O) groups is 3. The number of ketones is 1. The summed E-state index contributed by atoms with van der Waals surface area (Å²) in [7, 11) is 0. The number of halogens is 1. The van der Waals surface area contributed by atoms with E-state index in [0.29, 0.717) is 22.5 Å². The lowest BCUT2D eigenvalue weighted by molar-refractivity contribution is 0.0730. The molecule has 1 N–H and O–H groups in total. The van der Waals surface area contributed by atoms with E-state index >= 15 is 0 Å². The lowest BCUT2D eigenvalue weighted by atomic mass is 9.98. The van der Waals surface area contributed by atoms with Crippen molar-refractivity contribution in [1.82, 2.24) is 5.32 Å². The molecular weight excluding hydrogens is 482 g/mol. The molecule has 0 aliphatic rings. The van der Waals surface area contributed by atoms with Crippen LogP contribution in [0.3, 0.4) is 0 Å². The lowest BCUT2D eigenvalue weighted by Crippen LogP contribution is -2.31. The molecule has 1 heterocycles. The quantitative estimate of drug-likeness (QED) is 0.159. The van der Waals surface area contributed by atoms with Crippen LogP contribution in [0, 0.1) is 5.92 Å². The third-order valence-electron chi connectivity index (χ3n) is 5.33. The van der Waals surface area contributed by atoms with E-state index in [4.69, 9.17) is 20.8 Å². The van der Waals surface area contributed by atoms with Crippen molar-refractivity contribution < 1.29 is 23.5 Å². The minimum Gasteiger partial charge on any atom is -0.423 e. The molecule has 182 valence electrons. The number of benzene rings is 3. The second-order valence-electron chi connectivity index (χ2n) is 8.52. The van der Waals surface area contributed by atoms with Gasteiger partial charge in [-0.25, -0.2) is 9.59 Å². The fourth-order valence-corrected chi connectivity index (χ4v) is 3.61. The van der Waals surface area contributed by atoms with Crippen molar-refractivity contribution >= 4 is 40.2 Å². The molecule has 0 fully saturated rings. The normalized spacial score (nSPS) is 10.9. The smallest absolute Gasteiger partial charge is 0.349 e. The zero-order valence-corrected chi connectivity index (χ0v) is 20.3. The molecule has 0 saturated heterocycles. The third-order valence-corrected chi connectivity index (χ3v) is 5.58. The summed E-state index contributed by atoms with van der Waals surface area (Å²) in [6.07, 6.45) is 0. The van der Waals surface area contributed by atoms with Crippen LogP contribution in [-0.2, 0) is 0 Å². The molecule has 0 spiro atoms. The van der Waals surface area contributed by atoms with E-state index < -0.39 is 17.5 Å². The van der Waals surface area contributed by atoms with Crippen LogP contribution in [0.2, 0.25) is 5.02 Å². The van der Waals surface area contributed by atoms with Gasteiger partial charge in [0, 0.05) is 34.1 Å². The lowest BCUT2D eigenvalue weighted by Gasteiger charge is -2.10. The summed E-state index contributed by atoms with van der Waals surface area (Å²) in [5.41, 5.74) is -0.129. The van der Waals surface area contributed by atoms with Crippen LogP contribution in [0.15, 0.2) is 82.0 Å². The van der Waals surface area contributed by atoms with E-state index in [1.807, 2.05) is 13.8 Å². The second kappa shape index (κ2) is 10.6. The Hall–Kier alpha value is -4.23. The zero-order valence-electron chi connectivity index (χ0n) is 19.5. The Bertz CT molecular complexity index is 1520. The summed E-state index contributed by atoms with van der Waals surface area (Å²) in [5.74, 6) is -1.28. The van der Waals surface area contributed by atoms with Crippen molar-refractivity contribution in [3.63, 3.8) is 0 Å². The first kappa shape index (κ1) is 24.9. The average molecular weight is 504 g/mol. The van der Waals surface area contributed by atoms with E-state index in [2.05, 4.69) is 5.32 Å². The predicted octanol–water partition coefficient (Wildman–Crippen LogP) is 5.28. The summed E-state index contributed by atoms with van der Waals surface area (Å²) in [6, 6.07) is 18.6. The topological polar surface area (TPSA) is 103 Å². The molecule has 0 saturated carbocycles. The number of hydrogen-bond donors (Lipinski definition) is 1. The monoisotopic (exact) mass is 503 g/mol. The molecule has 0 radical (unpaired) electrons. The summed E-state index contributed by atoms with van der Waals surface area (Å²) < 4.78 is 10.8. The molecule has 3 aromatic carbocycles. The van der Waals surface area contributed by atoms with Crippen LogP contribution in [0.1, 0.15) is 50.5 Å². The number of rotatable bonds is 7. The van der Waals surface area contributed by atoms with E-state index in [0.717, 1.165) is 0 Å². The Kier molecular flexibility index (Phi) is 7.31. The second-order valence-corrected chi connectivity index (χ2v) is 8.96. The van der Waals surface area contributed by atoms with Gasteiger partial charge in [0.25, 0.3) is 5.91 Å². The van der Waals surface area contributed by atoms with E-state index in [-0.39, 0.29) is 39.7 Å². The number of amides is 1. The highest BCUT2D eigenvalue weighted by Gasteiger charge is 2.20. The summed E-state index contributed by atoms with van der Waals surface area (Å²) in [5, 5.41) is 3.67. The zero-order chi connectivity index (χ0) is 25.8. The average Bonchev–Trinajstić information content (AvgIpc) is 2.86. The molecule has 0 unspecified atom stereocenters. The van der Waals surface area contributed by atoms with Gasteiger partial charge < -0.3 is 14.5 Å². The van der Waals surface area contributed by atoms with Gasteiger partial charge in [0.05, 0.1) is 5.56 Å². The molecule has 1 aromatic heterocycles. The van der Waals surface area contributed by atoms with Crippen LogP contribution in [0.5, 0.6) is 5.75 Å². The molecule has 0 atom stereocenters. The molecule has 0 bridgehead atoms. The predicted molar refractivity (Wildman–Crippen MR) is 136 cm³/mol. The highest BCUT2D eigenvalue weighted by molar-refractivity contribution is 6.30. The minimum absolute atomic E-state index is 0.0798. The summed E-state index contributed by atoms with van der Waals surface area (Å²) in [4.78, 5) is 50.6. The number of carbonyl (C=O) groups excluding carboxylic acids is 3. The molecule has 4 rings (SSSR count). The highest BCUT2D eigenvalue weighted by Crippen LogP contribution is 2.23. The van der Waals surface area contributed by atoms with E-state index in [9.17, 15) is 19.2 Å². The van der Waals surface area contributed by atoms with Crippen molar-refractivity contribution in [3.05, 3.63) is 110 Å². The minimum atomic E-state index is -0.800. The Balaban J connectivity index is 1.58. The Morgan fingerprint density at radius 1 is 0.917 bits per heavy atom. The van der Waals surface area contributed by atoms with Crippen LogP contribution in [-0.4, -0.2) is 24.2 Å². The van der Waals surface area contributed by atoms with Gasteiger partial charge in [-0.05, 0) is 54.4 Å². The fourth-order valence-electron chi connectivity index (χ4n) is 3.48. The SMILES string of the molecule is CC(C)CNC(=O)c1cc2ccc(OC(=O)c3ccccc3C(=O)c3ccc(Cl)cc3)cc2oc1=O. The summed E-state index contributed by atoms with van der Waals surface area (Å²) in [6.45, 7) is 4.31. The molecule has 0 aliphatic heterocycles. The van der Waals surface area contributed by atoms with Crippen LogP contribution in [0.4, 0.5) is 0 Å². The van der Waals surface area contributed by atoms with Crippen LogP contribution >= 0.6 is 11.6 Å². The van der Waals surface area contributed by atoms with Gasteiger partial charge in [-0.2, -0.15) is 0 Å². The molecule has 7 nitrogen and oxygen atoms in total. The van der Waals surface area contributed by atoms with Crippen molar-refractivity contribution in [2.45, 2.75) is 13.8 Å². The first-order valence-corrected chi connectivity index (χ1v) is 11.6. The maximum atomic E-state index is 13.0. The molecule has 8 heteroatoms. The number of ether oxygens (including phenoxy) is 1. The Morgan fingerprint density at radius 3 is 2.31 bits per heavy atom. The number of fused-ring (bicyclic) bond motifs is 1. The Labute approximate surface area is 211 Å². The van der Waals surface area contributed by atoms with Gasteiger partial charge in [-0.15, -0.1) is 0 Å².